The van der Waals surface area contributed by atoms with Crippen molar-refractivity contribution in [1.82, 2.24) is 15.2 Å². The number of thiazole rings is 1. The van der Waals surface area contributed by atoms with Gasteiger partial charge in [0.25, 0.3) is 0 Å². The number of carbonyl (C=O) groups excluding carboxylic acids is 1. The number of hydrogen-bond donors (Lipinski definition) is 2. The number of rotatable bonds is 4. The number of likely N-dealkylation sites (tertiary alicyclic amines) is 1. The van der Waals surface area contributed by atoms with Gasteiger partial charge >= 0.3 is 6.03 Å². The highest BCUT2D eigenvalue weighted by Crippen LogP contribution is 2.42. The van der Waals surface area contributed by atoms with Crippen LogP contribution >= 0.6 is 11.3 Å². The normalized spacial score (nSPS) is 23.9. The summed E-state index contributed by atoms with van der Waals surface area (Å²) < 4.78 is 0. The molecule has 1 aromatic heterocycles. The molecule has 2 unspecified atom stereocenters. The Balaban J connectivity index is 1.64. The van der Waals surface area contributed by atoms with Crippen molar-refractivity contribution in [3.8, 4) is 0 Å². The fourth-order valence-electron chi connectivity index (χ4n) is 2.95. The van der Waals surface area contributed by atoms with Crippen molar-refractivity contribution < 1.29 is 9.90 Å². The third-order valence-corrected chi connectivity index (χ3v) is 5.39. The molecular weight excluding hydrogens is 286 g/mol. The van der Waals surface area contributed by atoms with Gasteiger partial charge in [0.05, 0.1) is 6.04 Å². The van der Waals surface area contributed by atoms with Gasteiger partial charge in [0, 0.05) is 30.8 Å². The molecule has 0 aromatic carbocycles. The molecule has 3 rings (SSSR count). The number of aromatic nitrogens is 1. The molecule has 116 valence electrons. The molecule has 2 amide bonds. The fraction of sp³-hybridized carbons (Fsp3) is 0.733. The Kier molecular flexibility index (Phi) is 4.45. The molecule has 6 heteroatoms. The van der Waals surface area contributed by atoms with E-state index in [0.717, 1.165) is 30.1 Å². The Morgan fingerprint density at radius 2 is 2.38 bits per heavy atom. The summed E-state index contributed by atoms with van der Waals surface area (Å²) >= 11 is 1.64. The zero-order chi connectivity index (χ0) is 14.8. The molecule has 2 atom stereocenters. The zero-order valence-electron chi connectivity index (χ0n) is 12.4. The Morgan fingerprint density at radius 3 is 3.00 bits per heavy atom. The average Bonchev–Trinajstić information content (AvgIpc) is 3.26. The predicted octanol–water partition coefficient (Wildman–Crippen LogP) is 2.32. The first-order chi connectivity index (χ1) is 10.2. The van der Waals surface area contributed by atoms with Crippen LogP contribution in [0.1, 0.15) is 42.4 Å². The van der Waals surface area contributed by atoms with Crippen LogP contribution in [0.2, 0.25) is 0 Å². The van der Waals surface area contributed by atoms with Gasteiger partial charge in [-0.3, -0.25) is 0 Å². The van der Waals surface area contributed by atoms with E-state index in [4.69, 9.17) is 0 Å². The van der Waals surface area contributed by atoms with E-state index in [0.29, 0.717) is 12.5 Å². The van der Waals surface area contributed by atoms with Crippen molar-refractivity contribution in [1.29, 1.82) is 0 Å². The van der Waals surface area contributed by atoms with Gasteiger partial charge < -0.3 is 15.3 Å². The highest BCUT2D eigenvalue weighted by molar-refractivity contribution is 7.09. The van der Waals surface area contributed by atoms with Gasteiger partial charge in [-0.15, -0.1) is 11.3 Å². The number of urea groups is 1. The van der Waals surface area contributed by atoms with Gasteiger partial charge in [-0.05, 0) is 44.4 Å². The molecule has 1 aliphatic heterocycles. The highest BCUT2D eigenvalue weighted by atomic mass is 32.1. The van der Waals surface area contributed by atoms with Crippen LogP contribution in [-0.2, 0) is 0 Å². The van der Waals surface area contributed by atoms with Crippen LogP contribution in [0.25, 0.3) is 0 Å². The number of aliphatic hydroxyl groups is 1. The van der Waals surface area contributed by atoms with E-state index >= 15 is 0 Å². The quantitative estimate of drug-likeness (QED) is 0.897. The molecule has 1 saturated heterocycles. The van der Waals surface area contributed by atoms with Gasteiger partial charge in [0.15, 0.2) is 0 Å². The number of nitrogens with zero attached hydrogens (tertiary/aromatic N) is 2. The number of aryl methyl sites for hydroxylation is 1. The number of piperidine rings is 1. The van der Waals surface area contributed by atoms with E-state index in [1.165, 1.54) is 12.8 Å². The van der Waals surface area contributed by atoms with Crippen LogP contribution in [-0.4, -0.2) is 40.7 Å². The minimum atomic E-state index is -0.00194. The minimum absolute atomic E-state index is 0.00194. The molecule has 1 aromatic rings. The smallest absolute Gasteiger partial charge is 0.317 e. The second-order valence-electron chi connectivity index (χ2n) is 6.23. The third-order valence-electron chi connectivity index (χ3n) is 4.34. The average molecular weight is 309 g/mol. The summed E-state index contributed by atoms with van der Waals surface area (Å²) in [6.07, 6.45) is 4.33. The summed E-state index contributed by atoms with van der Waals surface area (Å²) in [5.74, 6) is 0.768. The monoisotopic (exact) mass is 309 g/mol. The summed E-state index contributed by atoms with van der Waals surface area (Å²) in [6.45, 7) is 3.61. The summed E-state index contributed by atoms with van der Waals surface area (Å²) in [4.78, 5) is 18.9. The predicted molar refractivity (Wildman–Crippen MR) is 82.2 cm³/mol. The van der Waals surface area contributed by atoms with Crippen LogP contribution in [0.15, 0.2) is 5.38 Å². The first-order valence-electron chi connectivity index (χ1n) is 7.75. The topological polar surface area (TPSA) is 65.5 Å². The Labute approximate surface area is 129 Å². The lowest BCUT2D eigenvalue weighted by molar-refractivity contribution is 0.127. The lowest BCUT2D eigenvalue weighted by atomic mass is 9.99. The van der Waals surface area contributed by atoms with Gasteiger partial charge in [-0.1, -0.05) is 0 Å². The molecule has 5 nitrogen and oxygen atoms in total. The zero-order valence-corrected chi connectivity index (χ0v) is 13.2. The number of nitrogens with one attached hydrogen (secondary N) is 1. The van der Waals surface area contributed by atoms with Crippen molar-refractivity contribution >= 4 is 17.4 Å². The lowest BCUT2D eigenvalue weighted by Gasteiger charge is -2.33. The molecule has 2 heterocycles. The fourth-order valence-corrected chi connectivity index (χ4v) is 3.89. The SMILES string of the molecule is Cc1csc(C(NC(=O)N2CCCC(CO)C2)C2CC2)n1. The summed E-state index contributed by atoms with van der Waals surface area (Å²) in [7, 11) is 0. The van der Waals surface area contributed by atoms with Crippen molar-refractivity contribution in [3.63, 3.8) is 0 Å². The minimum Gasteiger partial charge on any atom is -0.396 e. The molecule has 21 heavy (non-hydrogen) atoms. The van der Waals surface area contributed by atoms with E-state index in [2.05, 4.69) is 10.3 Å². The van der Waals surface area contributed by atoms with Crippen LogP contribution < -0.4 is 5.32 Å². The first kappa shape index (κ1) is 14.8. The summed E-state index contributed by atoms with van der Waals surface area (Å²) in [5, 5.41) is 15.5. The maximum absolute atomic E-state index is 12.5. The summed E-state index contributed by atoms with van der Waals surface area (Å²) in [6, 6.07) is 0.0589. The van der Waals surface area contributed by atoms with Gasteiger partial charge in [0.1, 0.15) is 5.01 Å². The molecular formula is C15H23N3O2S. The van der Waals surface area contributed by atoms with Crippen LogP contribution in [0.5, 0.6) is 0 Å². The number of hydrogen-bond acceptors (Lipinski definition) is 4. The van der Waals surface area contributed by atoms with Crippen molar-refractivity contribution in [2.75, 3.05) is 19.7 Å². The van der Waals surface area contributed by atoms with E-state index in [1.54, 1.807) is 11.3 Å². The second-order valence-corrected chi connectivity index (χ2v) is 7.12. The van der Waals surface area contributed by atoms with Gasteiger partial charge in [-0.25, -0.2) is 9.78 Å². The van der Waals surface area contributed by atoms with Crippen molar-refractivity contribution in [2.24, 2.45) is 11.8 Å². The van der Waals surface area contributed by atoms with Crippen LogP contribution in [0.4, 0.5) is 4.79 Å². The molecule has 2 N–H and O–H groups in total. The van der Waals surface area contributed by atoms with Crippen LogP contribution in [0, 0.1) is 18.8 Å². The van der Waals surface area contributed by atoms with Gasteiger partial charge in [0.2, 0.25) is 0 Å². The molecule has 0 bridgehead atoms. The third kappa shape index (κ3) is 3.55. The van der Waals surface area contributed by atoms with E-state index in [-0.39, 0.29) is 24.6 Å². The standard InChI is InChI=1S/C15H23N3O2S/c1-10-9-21-14(16-10)13(12-4-5-12)17-15(20)18-6-2-3-11(7-18)8-19/h9,11-13,19H,2-8H2,1H3,(H,17,20). The maximum atomic E-state index is 12.5. The van der Waals surface area contributed by atoms with E-state index in [9.17, 15) is 9.90 Å². The van der Waals surface area contributed by atoms with Crippen LogP contribution in [0.3, 0.4) is 0 Å². The van der Waals surface area contributed by atoms with Gasteiger partial charge in [-0.2, -0.15) is 0 Å². The molecule has 1 aliphatic carbocycles. The first-order valence-corrected chi connectivity index (χ1v) is 8.63. The largest absolute Gasteiger partial charge is 0.396 e. The molecule has 0 radical (unpaired) electrons. The number of carbonyl (C=O) groups is 1. The summed E-state index contributed by atoms with van der Waals surface area (Å²) in [5.41, 5.74) is 1.02. The van der Waals surface area contributed by atoms with E-state index < -0.39 is 0 Å². The Bertz CT molecular complexity index is 501. The highest BCUT2D eigenvalue weighted by Gasteiger charge is 2.36. The number of aliphatic hydroxyl groups excluding tert-OH is 1. The molecule has 1 saturated carbocycles. The second kappa shape index (κ2) is 6.32. The Morgan fingerprint density at radius 1 is 1.57 bits per heavy atom. The van der Waals surface area contributed by atoms with Crippen molar-refractivity contribution in [3.05, 3.63) is 16.1 Å². The van der Waals surface area contributed by atoms with Crippen molar-refractivity contribution in [2.45, 2.75) is 38.6 Å². The molecule has 2 fully saturated rings. The lowest BCUT2D eigenvalue weighted by Crippen LogP contribution is -2.47. The molecule has 2 aliphatic rings. The maximum Gasteiger partial charge on any atom is 0.317 e. The number of amides is 2. The van der Waals surface area contributed by atoms with E-state index in [1.807, 2.05) is 17.2 Å². The Hall–Kier alpha value is -1.14. The molecule has 0 spiro atoms.